The SMILES string of the molecule is Cc1cnnc(C)c1C(C)Oc1ccc2[nH]nc(-c3cnc(N4CC5(C4)CN(S(C)(=O)=O)C5)nc3)c2c1. The van der Waals surface area contributed by atoms with Crippen molar-refractivity contribution in [1.82, 2.24) is 34.7 Å². The van der Waals surface area contributed by atoms with Crippen molar-refractivity contribution in [3.63, 3.8) is 0 Å². The van der Waals surface area contributed by atoms with Crippen LogP contribution in [0.5, 0.6) is 5.75 Å². The first-order chi connectivity index (χ1) is 17.6. The predicted molar refractivity (Wildman–Crippen MR) is 139 cm³/mol. The van der Waals surface area contributed by atoms with Crippen molar-refractivity contribution in [2.45, 2.75) is 26.9 Å². The Hall–Kier alpha value is -3.64. The van der Waals surface area contributed by atoms with Crippen molar-refractivity contribution in [2.24, 2.45) is 5.41 Å². The summed E-state index contributed by atoms with van der Waals surface area (Å²) in [6.07, 6.45) is 6.37. The number of sulfonamides is 1. The summed E-state index contributed by atoms with van der Waals surface area (Å²) in [5.41, 5.74) is 5.40. The summed E-state index contributed by atoms with van der Waals surface area (Å²) in [5, 5.41) is 16.7. The molecule has 2 fully saturated rings. The van der Waals surface area contributed by atoms with Gasteiger partial charge in [-0.1, -0.05) is 0 Å². The number of aromatic nitrogens is 6. The van der Waals surface area contributed by atoms with Crippen LogP contribution in [0.1, 0.15) is 29.8 Å². The Kier molecular flexibility index (Phi) is 5.42. The number of H-pyrrole nitrogens is 1. The lowest BCUT2D eigenvalue weighted by molar-refractivity contribution is 0.0389. The number of fused-ring (bicyclic) bond motifs is 1. The molecule has 1 unspecified atom stereocenters. The lowest BCUT2D eigenvalue weighted by Gasteiger charge is -2.59. The van der Waals surface area contributed by atoms with Gasteiger partial charge in [-0.3, -0.25) is 5.10 Å². The number of hydrogen-bond acceptors (Lipinski definition) is 9. The first-order valence-corrected chi connectivity index (χ1v) is 13.9. The van der Waals surface area contributed by atoms with Crippen LogP contribution in [-0.4, -0.2) is 75.5 Å². The molecule has 5 heterocycles. The van der Waals surface area contributed by atoms with E-state index in [-0.39, 0.29) is 11.5 Å². The maximum atomic E-state index is 11.7. The highest BCUT2D eigenvalue weighted by Crippen LogP contribution is 2.42. The molecular weight excluding hydrogens is 492 g/mol. The van der Waals surface area contributed by atoms with Gasteiger partial charge in [0.15, 0.2) is 0 Å². The zero-order valence-electron chi connectivity index (χ0n) is 21.1. The largest absolute Gasteiger partial charge is 0.486 e. The fraction of sp³-hybridized carbons (Fsp3) is 0.400. The Balaban J connectivity index is 1.18. The van der Waals surface area contributed by atoms with Crippen molar-refractivity contribution in [3.8, 4) is 17.0 Å². The molecule has 1 aromatic carbocycles. The third kappa shape index (κ3) is 4.19. The Labute approximate surface area is 215 Å². The van der Waals surface area contributed by atoms with Gasteiger partial charge in [0.2, 0.25) is 16.0 Å². The lowest BCUT2D eigenvalue weighted by Crippen LogP contribution is -2.73. The molecule has 2 aliphatic heterocycles. The molecule has 1 spiro atoms. The van der Waals surface area contributed by atoms with Crippen LogP contribution in [0.15, 0.2) is 36.8 Å². The van der Waals surface area contributed by atoms with Crippen LogP contribution in [0.3, 0.4) is 0 Å². The molecule has 0 amide bonds. The maximum absolute atomic E-state index is 11.7. The van der Waals surface area contributed by atoms with Crippen molar-refractivity contribution >= 4 is 26.9 Å². The fourth-order valence-electron chi connectivity index (χ4n) is 5.42. The number of aryl methyl sites for hydroxylation is 2. The molecule has 4 aromatic rings. The van der Waals surface area contributed by atoms with E-state index in [0.717, 1.165) is 57.8 Å². The van der Waals surface area contributed by atoms with Gasteiger partial charge < -0.3 is 9.64 Å². The zero-order valence-corrected chi connectivity index (χ0v) is 21.9. The predicted octanol–water partition coefficient (Wildman–Crippen LogP) is 2.65. The Morgan fingerprint density at radius 1 is 1.08 bits per heavy atom. The average Bonchev–Trinajstić information content (AvgIpc) is 3.20. The number of aromatic amines is 1. The highest BCUT2D eigenvalue weighted by Gasteiger charge is 2.54. The Morgan fingerprint density at radius 2 is 1.81 bits per heavy atom. The summed E-state index contributed by atoms with van der Waals surface area (Å²) in [4.78, 5) is 11.2. The van der Waals surface area contributed by atoms with E-state index in [1.807, 2.05) is 39.0 Å². The van der Waals surface area contributed by atoms with Gasteiger partial charge in [-0.05, 0) is 44.5 Å². The molecule has 3 aromatic heterocycles. The monoisotopic (exact) mass is 520 g/mol. The molecule has 6 rings (SSSR count). The van der Waals surface area contributed by atoms with Gasteiger partial charge in [0.1, 0.15) is 17.5 Å². The number of anilines is 1. The highest BCUT2D eigenvalue weighted by molar-refractivity contribution is 7.88. The van der Waals surface area contributed by atoms with E-state index >= 15 is 0 Å². The van der Waals surface area contributed by atoms with Gasteiger partial charge in [0.05, 0.1) is 23.7 Å². The molecule has 192 valence electrons. The van der Waals surface area contributed by atoms with Crippen LogP contribution < -0.4 is 9.64 Å². The van der Waals surface area contributed by atoms with Crippen LogP contribution in [0.25, 0.3) is 22.2 Å². The standard InChI is InChI=1S/C25H28N8O3S/c1-15-8-28-29-16(2)22(15)17(3)36-19-5-6-21-20(7-19)23(31-30-21)18-9-26-24(27-10-18)32-11-25(12-32)13-33(14-25)37(4,34)35/h5-10,17H,11-14H2,1-4H3,(H,30,31). The Bertz CT molecular complexity index is 1570. The fourth-order valence-corrected chi connectivity index (χ4v) is 6.44. The molecule has 12 heteroatoms. The van der Waals surface area contributed by atoms with Crippen molar-refractivity contribution in [1.29, 1.82) is 0 Å². The summed E-state index contributed by atoms with van der Waals surface area (Å²) < 4.78 is 31.1. The first-order valence-electron chi connectivity index (χ1n) is 12.1. The summed E-state index contributed by atoms with van der Waals surface area (Å²) in [6, 6.07) is 5.84. The minimum absolute atomic E-state index is 0.0282. The maximum Gasteiger partial charge on any atom is 0.225 e. The molecule has 2 saturated heterocycles. The van der Waals surface area contributed by atoms with Crippen LogP contribution in [0, 0.1) is 19.3 Å². The molecule has 1 N–H and O–H groups in total. The van der Waals surface area contributed by atoms with Crippen LogP contribution >= 0.6 is 0 Å². The number of nitrogens with one attached hydrogen (secondary N) is 1. The zero-order chi connectivity index (χ0) is 25.9. The highest BCUT2D eigenvalue weighted by atomic mass is 32.2. The van der Waals surface area contributed by atoms with E-state index in [1.54, 1.807) is 18.6 Å². The summed E-state index contributed by atoms with van der Waals surface area (Å²) >= 11 is 0. The summed E-state index contributed by atoms with van der Waals surface area (Å²) in [6.45, 7) is 8.61. The number of nitrogens with zero attached hydrogens (tertiary/aromatic N) is 7. The van der Waals surface area contributed by atoms with Gasteiger partial charge in [-0.2, -0.15) is 15.3 Å². The number of benzene rings is 1. The molecule has 0 bridgehead atoms. The van der Waals surface area contributed by atoms with Gasteiger partial charge in [0, 0.05) is 60.5 Å². The molecule has 2 aliphatic rings. The minimum Gasteiger partial charge on any atom is -0.486 e. The number of ether oxygens (including phenoxy) is 1. The number of hydrogen-bond donors (Lipinski definition) is 1. The molecule has 0 aliphatic carbocycles. The topological polar surface area (TPSA) is 130 Å². The van der Waals surface area contributed by atoms with E-state index in [1.165, 1.54) is 10.6 Å². The molecule has 1 atom stereocenters. The first kappa shape index (κ1) is 23.7. The van der Waals surface area contributed by atoms with E-state index in [2.05, 4.69) is 35.3 Å². The molecular formula is C25H28N8O3S. The smallest absolute Gasteiger partial charge is 0.225 e. The van der Waals surface area contributed by atoms with Crippen molar-refractivity contribution in [3.05, 3.63) is 53.6 Å². The van der Waals surface area contributed by atoms with Gasteiger partial charge in [0.25, 0.3) is 0 Å². The normalized spacial score (nSPS) is 18.0. The second-order valence-corrected chi connectivity index (χ2v) is 12.2. The quantitative estimate of drug-likeness (QED) is 0.408. The van der Waals surface area contributed by atoms with Crippen LogP contribution in [0.4, 0.5) is 5.95 Å². The molecule has 11 nitrogen and oxygen atoms in total. The van der Waals surface area contributed by atoms with Crippen LogP contribution in [-0.2, 0) is 10.0 Å². The van der Waals surface area contributed by atoms with Gasteiger partial charge in [-0.15, -0.1) is 0 Å². The second kappa shape index (κ2) is 8.45. The lowest BCUT2D eigenvalue weighted by atomic mass is 9.74. The van der Waals surface area contributed by atoms with Crippen molar-refractivity contribution < 1.29 is 13.2 Å². The van der Waals surface area contributed by atoms with Gasteiger partial charge >= 0.3 is 0 Å². The van der Waals surface area contributed by atoms with Crippen LogP contribution in [0.2, 0.25) is 0 Å². The number of rotatable bonds is 6. The Morgan fingerprint density at radius 3 is 2.49 bits per heavy atom. The van der Waals surface area contributed by atoms with Gasteiger partial charge in [-0.25, -0.2) is 22.7 Å². The van der Waals surface area contributed by atoms with E-state index in [4.69, 9.17) is 4.74 Å². The van der Waals surface area contributed by atoms with E-state index in [0.29, 0.717) is 19.0 Å². The van der Waals surface area contributed by atoms with E-state index < -0.39 is 10.0 Å². The third-order valence-electron chi connectivity index (χ3n) is 7.27. The third-order valence-corrected chi connectivity index (χ3v) is 8.46. The average molecular weight is 521 g/mol. The molecule has 0 radical (unpaired) electrons. The molecule has 37 heavy (non-hydrogen) atoms. The van der Waals surface area contributed by atoms with E-state index in [9.17, 15) is 8.42 Å². The summed E-state index contributed by atoms with van der Waals surface area (Å²) in [5.74, 6) is 1.37. The summed E-state index contributed by atoms with van der Waals surface area (Å²) in [7, 11) is -3.11. The molecule has 0 saturated carbocycles. The minimum atomic E-state index is -3.11. The second-order valence-electron chi connectivity index (χ2n) is 10.2. The van der Waals surface area contributed by atoms with Crippen molar-refractivity contribution in [2.75, 3.05) is 37.3 Å².